The third kappa shape index (κ3) is 2.47. The predicted octanol–water partition coefficient (Wildman–Crippen LogP) is 3.07. The zero-order chi connectivity index (χ0) is 9.80. The maximum atomic E-state index is 4.26. The minimum absolute atomic E-state index is 0.551. The van der Waals surface area contributed by atoms with E-state index in [1.807, 2.05) is 24.4 Å². The summed E-state index contributed by atoms with van der Waals surface area (Å²) in [5.41, 5.74) is 0. The van der Waals surface area contributed by atoms with Crippen LogP contribution >= 0.6 is 0 Å². The van der Waals surface area contributed by atoms with Crippen molar-refractivity contribution < 1.29 is 0 Å². The largest absolute Gasteiger partial charge is 0.368 e. The molecule has 14 heavy (non-hydrogen) atoms. The molecule has 1 fully saturated rings. The quantitative estimate of drug-likeness (QED) is 0.789. The molecule has 1 aromatic heterocycles. The molecule has 0 saturated heterocycles. The Morgan fingerprint density at radius 2 is 2.36 bits per heavy atom. The van der Waals surface area contributed by atoms with Crippen LogP contribution in [-0.4, -0.2) is 11.0 Å². The molecular formula is C12H18N2. The van der Waals surface area contributed by atoms with Gasteiger partial charge in [0.25, 0.3) is 0 Å². The molecule has 1 aliphatic carbocycles. The highest BCUT2D eigenvalue weighted by Gasteiger charge is 2.19. The van der Waals surface area contributed by atoms with Gasteiger partial charge in [0.15, 0.2) is 0 Å². The molecule has 1 heterocycles. The molecule has 0 spiro atoms. The molecule has 2 nitrogen and oxygen atoms in total. The average molecular weight is 190 g/mol. The molecule has 76 valence electrons. The van der Waals surface area contributed by atoms with Gasteiger partial charge in [-0.2, -0.15) is 0 Å². The molecule has 0 aliphatic heterocycles. The number of anilines is 1. The highest BCUT2D eigenvalue weighted by atomic mass is 15.0. The minimum atomic E-state index is 0.551. The van der Waals surface area contributed by atoms with Crippen LogP contribution in [0, 0.1) is 5.92 Å². The van der Waals surface area contributed by atoms with Crippen molar-refractivity contribution >= 4 is 5.82 Å². The first-order chi connectivity index (χ1) is 6.84. The lowest BCUT2D eigenvalue weighted by atomic mass is 9.81. The zero-order valence-electron chi connectivity index (χ0n) is 8.74. The smallest absolute Gasteiger partial charge is 0.126 e. The van der Waals surface area contributed by atoms with Gasteiger partial charge in [0.1, 0.15) is 5.82 Å². The lowest BCUT2D eigenvalue weighted by Gasteiger charge is -2.28. The minimum Gasteiger partial charge on any atom is -0.368 e. The topological polar surface area (TPSA) is 24.9 Å². The molecule has 1 N–H and O–H groups in total. The summed E-state index contributed by atoms with van der Waals surface area (Å²) in [7, 11) is 0. The molecule has 1 unspecified atom stereocenters. The normalized spacial score (nSPS) is 18.6. The summed E-state index contributed by atoms with van der Waals surface area (Å²) in [6.07, 6.45) is 7.40. The van der Waals surface area contributed by atoms with Gasteiger partial charge in [0.2, 0.25) is 0 Å². The maximum absolute atomic E-state index is 4.26. The maximum Gasteiger partial charge on any atom is 0.126 e. The first kappa shape index (κ1) is 9.50. The van der Waals surface area contributed by atoms with Gasteiger partial charge in [-0.3, -0.25) is 0 Å². The fourth-order valence-electron chi connectivity index (χ4n) is 1.99. The van der Waals surface area contributed by atoms with Crippen LogP contribution in [0.5, 0.6) is 0 Å². The molecule has 0 bridgehead atoms. The fraction of sp³-hybridized carbons (Fsp3) is 0.583. The second-order valence-electron chi connectivity index (χ2n) is 4.29. The van der Waals surface area contributed by atoms with Gasteiger partial charge in [0.05, 0.1) is 0 Å². The van der Waals surface area contributed by atoms with Crippen molar-refractivity contribution in [3.05, 3.63) is 24.4 Å². The standard InChI is InChI=1S/C12H18N2/c1-10(9-11-5-4-6-11)14-12-7-2-3-8-13-12/h2-3,7-8,10-11H,4-6,9H2,1H3,(H,13,14). The second-order valence-corrected chi connectivity index (χ2v) is 4.29. The fourth-order valence-corrected chi connectivity index (χ4v) is 1.99. The van der Waals surface area contributed by atoms with Gasteiger partial charge in [0, 0.05) is 12.2 Å². The van der Waals surface area contributed by atoms with Crippen molar-refractivity contribution in [2.75, 3.05) is 5.32 Å². The summed E-state index contributed by atoms with van der Waals surface area (Å²) >= 11 is 0. The van der Waals surface area contributed by atoms with Crippen molar-refractivity contribution in [3.63, 3.8) is 0 Å². The van der Waals surface area contributed by atoms with Crippen LogP contribution in [0.15, 0.2) is 24.4 Å². The molecule has 0 radical (unpaired) electrons. The Morgan fingerprint density at radius 1 is 1.50 bits per heavy atom. The second kappa shape index (κ2) is 4.45. The number of nitrogens with zero attached hydrogens (tertiary/aromatic N) is 1. The van der Waals surface area contributed by atoms with Gasteiger partial charge in [-0.25, -0.2) is 4.98 Å². The Labute approximate surface area is 85.7 Å². The van der Waals surface area contributed by atoms with E-state index in [0.717, 1.165) is 11.7 Å². The summed E-state index contributed by atoms with van der Waals surface area (Å²) in [5.74, 6) is 1.96. The third-order valence-corrected chi connectivity index (χ3v) is 2.97. The number of rotatable bonds is 4. The highest BCUT2D eigenvalue weighted by Crippen LogP contribution is 2.30. The summed E-state index contributed by atoms with van der Waals surface area (Å²) < 4.78 is 0. The lowest BCUT2D eigenvalue weighted by molar-refractivity contribution is 0.285. The van der Waals surface area contributed by atoms with Gasteiger partial charge in [-0.05, 0) is 31.4 Å². The van der Waals surface area contributed by atoms with E-state index >= 15 is 0 Å². The summed E-state index contributed by atoms with van der Waals surface area (Å²) in [6, 6.07) is 6.54. The first-order valence-electron chi connectivity index (χ1n) is 5.52. The molecule has 0 amide bonds. The third-order valence-electron chi connectivity index (χ3n) is 2.97. The van der Waals surface area contributed by atoms with Crippen LogP contribution in [0.25, 0.3) is 0 Å². The first-order valence-corrected chi connectivity index (χ1v) is 5.52. The van der Waals surface area contributed by atoms with Crippen molar-refractivity contribution in [1.82, 2.24) is 4.98 Å². The van der Waals surface area contributed by atoms with Crippen LogP contribution in [0.4, 0.5) is 5.82 Å². The van der Waals surface area contributed by atoms with E-state index in [-0.39, 0.29) is 0 Å². The van der Waals surface area contributed by atoms with E-state index in [0.29, 0.717) is 6.04 Å². The average Bonchev–Trinajstić information content (AvgIpc) is 2.13. The van der Waals surface area contributed by atoms with Crippen LogP contribution in [-0.2, 0) is 0 Å². The summed E-state index contributed by atoms with van der Waals surface area (Å²) in [5, 5.41) is 3.43. The molecule has 2 heteroatoms. The highest BCUT2D eigenvalue weighted by molar-refractivity contribution is 5.34. The van der Waals surface area contributed by atoms with Crippen molar-refractivity contribution in [1.29, 1.82) is 0 Å². The van der Waals surface area contributed by atoms with Gasteiger partial charge < -0.3 is 5.32 Å². The molecule has 1 aromatic rings. The Hall–Kier alpha value is -1.05. The Balaban J connectivity index is 1.79. The lowest BCUT2D eigenvalue weighted by Crippen LogP contribution is -2.23. The van der Waals surface area contributed by atoms with Crippen LogP contribution in [0.1, 0.15) is 32.6 Å². The number of aromatic nitrogens is 1. The summed E-state index contributed by atoms with van der Waals surface area (Å²) in [6.45, 7) is 2.24. The van der Waals surface area contributed by atoms with Crippen LogP contribution in [0.3, 0.4) is 0 Å². The van der Waals surface area contributed by atoms with Crippen molar-refractivity contribution in [2.45, 2.75) is 38.6 Å². The van der Waals surface area contributed by atoms with E-state index in [1.165, 1.54) is 25.7 Å². The van der Waals surface area contributed by atoms with Crippen molar-refractivity contribution in [3.8, 4) is 0 Å². The number of pyridine rings is 1. The van der Waals surface area contributed by atoms with E-state index in [2.05, 4.69) is 17.2 Å². The van der Waals surface area contributed by atoms with Crippen LogP contribution < -0.4 is 5.32 Å². The Kier molecular flexibility index (Phi) is 3.02. The van der Waals surface area contributed by atoms with E-state index in [4.69, 9.17) is 0 Å². The molecule has 1 aliphatic rings. The monoisotopic (exact) mass is 190 g/mol. The number of hydrogen-bond acceptors (Lipinski definition) is 2. The molecule has 2 rings (SSSR count). The van der Waals surface area contributed by atoms with E-state index in [9.17, 15) is 0 Å². The molecule has 1 saturated carbocycles. The SMILES string of the molecule is CC(CC1CCC1)Nc1ccccn1. The summed E-state index contributed by atoms with van der Waals surface area (Å²) in [4.78, 5) is 4.26. The molecular weight excluding hydrogens is 172 g/mol. The molecule has 0 aromatic carbocycles. The van der Waals surface area contributed by atoms with E-state index < -0.39 is 0 Å². The predicted molar refractivity (Wildman–Crippen MR) is 59.3 cm³/mol. The van der Waals surface area contributed by atoms with Gasteiger partial charge >= 0.3 is 0 Å². The number of hydrogen-bond donors (Lipinski definition) is 1. The van der Waals surface area contributed by atoms with Crippen molar-refractivity contribution in [2.24, 2.45) is 5.92 Å². The number of nitrogens with one attached hydrogen (secondary N) is 1. The Morgan fingerprint density at radius 3 is 2.93 bits per heavy atom. The molecule has 1 atom stereocenters. The van der Waals surface area contributed by atoms with Crippen LogP contribution in [0.2, 0.25) is 0 Å². The Bertz CT molecular complexity index is 267. The zero-order valence-corrected chi connectivity index (χ0v) is 8.74. The van der Waals surface area contributed by atoms with E-state index in [1.54, 1.807) is 0 Å². The van der Waals surface area contributed by atoms with Gasteiger partial charge in [-0.15, -0.1) is 0 Å². The van der Waals surface area contributed by atoms with Gasteiger partial charge in [-0.1, -0.05) is 25.3 Å².